The van der Waals surface area contributed by atoms with Gasteiger partial charge in [-0.3, -0.25) is 4.79 Å². The van der Waals surface area contributed by atoms with Gasteiger partial charge in [-0.25, -0.2) is 0 Å². The van der Waals surface area contributed by atoms with E-state index in [1.54, 1.807) is 18.4 Å². The Hall–Kier alpha value is -2.73. The van der Waals surface area contributed by atoms with Crippen molar-refractivity contribution in [3.63, 3.8) is 0 Å². The molecule has 1 fully saturated rings. The van der Waals surface area contributed by atoms with Crippen molar-refractivity contribution in [2.75, 3.05) is 38.2 Å². The largest absolute Gasteiger partial charge is 0.495 e. The molecule has 0 bridgehead atoms. The fraction of sp³-hybridized carbons (Fsp3) is 0.318. The van der Waals surface area contributed by atoms with Crippen LogP contribution in [0.2, 0.25) is 0 Å². The first-order chi connectivity index (χ1) is 13.6. The first-order valence-corrected chi connectivity index (χ1v) is 10.3. The number of carbonyl (C=O) groups excluding carboxylic acids is 1. The van der Waals surface area contributed by atoms with E-state index in [4.69, 9.17) is 4.74 Å². The Morgan fingerprint density at radius 2 is 1.68 bits per heavy atom. The fourth-order valence-corrected chi connectivity index (χ4v) is 4.83. The van der Waals surface area contributed by atoms with Gasteiger partial charge in [0.05, 0.1) is 18.4 Å². The number of methoxy groups -OCH3 is 1. The average Bonchev–Trinajstić information content (AvgIpc) is 3.36. The van der Waals surface area contributed by atoms with Crippen LogP contribution in [-0.2, 0) is 0 Å². The van der Waals surface area contributed by atoms with E-state index in [1.807, 2.05) is 52.2 Å². The number of benzene rings is 1. The second kappa shape index (κ2) is 7.72. The number of rotatable bonds is 4. The number of aromatic nitrogens is 1. The van der Waals surface area contributed by atoms with Gasteiger partial charge in [-0.05, 0) is 43.7 Å². The number of aryl methyl sites for hydroxylation is 1. The summed E-state index contributed by atoms with van der Waals surface area (Å²) < 4.78 is 7.54. The van der Waals surface area contributed by atoms with Crippen molar-refractivity contribution in [1.82, 2.24) is 9.47 Å². The third-order valence-corrected chi connectivity index (χ3v) is 6.63. The molecule has 0 atom stereocenters. The van der Waals surface area contributed by atoms with Crippen molar-refractivity contribution in [3.8, 4) is 10.8 Å². The molecule has 6 heteroatoms. The summed E-state index contributed by atoms with van der Waals surface area (Å²) >= 11 is 1.68. The van der Waals surface area contributed by atoms with E-state index in [9.17, 15) is 4.79 Å². The molecule has 5 nitrogen and oxygen atoms in total. The molecule has 1 aliphatic heterocycles. The molecule has 0 unspecified atom stereocenters. The molecule has 1 saturated heterocycles. The number of piperazine rings is 1. The molecule has 2 aromatic heterocycles. The van der Waals surface area contributed by atoms with E-state index in [1.165, 1.54) is 4.88 Å². The average molecular weight is 396 g/mol. The Morgan fingerprint density at radius 1 is 1.00 bits per heavy atom. The molecule has 3 heterocycles. The summed E-state index contributed by atoms with van der Waals surface area (Å²) in [5.74, 6) is 1.01. The minimum absolute atomic E-state index is 0.130. The summed E-state index contributed by atoms with van der Waals surface area (Å²) in [5.41, 5.74) is 3.02. The SMILES string of the molecule is COc1ccccc1N1CCN(C(=O)c2c(-n3cccc3)sc(C)c2C)CC1. The van der Waals surface area contributed by atoms with Crippen molar-refractivity contribution in [2.45, 2.75) is 13.8 Å². The van der Waals surface area contributed by atoms with E-state index in [-0.39, 0.29) is 5.91 Å². The lowest BCUT2D eigenvalue weighted by atomic mass is 10.1. The van der Waals surface area contributed by atoms with Gasteiger partial charge in [0.2, 0.25) is 0 Å². The molecular formula is C22H25N3O2S. The number of para-hydroxylation sites is 2. The van der Waals surface area contributed by atoms with Crippen LogP contribution in [0.15, 0.2) is 48.8 Å². The Bertz CT molecular complexity index is 970. The van der Waals surface area contributed by atoms with E-state index >= 15 is 0 Å². The molecular weight excluding hydrogens is 370 g/mol. The molecule has 0 saturated carbocycles. The predicted octanol–water partition coefficient (Wildman–Crippen LogP) is 4.13. The molecule has 1 amide bonds. The summed E-state index contributed by atoms with van der Waals surface area (Å²) in [7, 11) is 1.70. The highest BCUT2D eigenvalue weighted by Crippen LogP contribution is 2.33. The zero-order valence-electron chi connectivity index (χ0n) is 16.5. The van der Waals surface area contributed by atoms with Gasteiger partial charge in [-0.1, -0.05) is 12.1 Å². The van der Waals surface area contributed by atoms with Gasteiger partial charge in [0, 0.05) is 43.4 Å². The van der Waals surface area contributed by atoms with Crippen molar-refractivity contribution in [1.29, 1.82) is 0 Å². The number of thiophene rings is 1. The van der Waals surface area contributed by atoms with Gasteiger partial charge < -0.3 is 19.1 Å². The zero-order valence-corrected chi connectivity index (χ0v) is 17.3. The minimum Gasteiger partial charge on any atom is -0.495 e. The lowest BCUT2D eigenvalue weighted by Crippen LogP contribution is -2.49. The van der Waals surface area contributed by atoms with E-state index in [2.05, 4.69) is 24.8 Å². The third kappa shape index (κ3) is 3.29. The number of carbonyl (C=O) groups is 1. The molecule has 0 radical (unpaired) electrons. The standard InChI is InChI=1S/C22H25N3O2S/c1-16-17(2)28-22(25-10-6-7-11-25)20(16)21(26)24-14-12-23(13-15-24)18-8-4-5-9-19(18)27-3/h4-11H,12-15H2,1-3H3. The Labute approximate surface area is 169 Å². The number of nitrogens with zero attached hydrogens (tertiary/aromatic N) is 3. The molecule has 1 aliphatic rings. The molecule has 0 N–H and O–H groups in total. The molecule has 28 heavy (non-hydrogen) atoms. The summed E-state index contributed by atoms with van der Waals surface area (Å²) in [6.07, 6.45) is 4.00. The van der Waals surface area contributed by atoms with Crippen LogP contribution >= 0.6 is 11.3 Å². The predicted molar refractivity (Wildman–Crippen MR) is 114 cm³/mol. The second-order valence-corrected chi connectivity index (χ2v) is 8.21. The van der Waals surface area contributed by atoms with Crippen LogP contribution < -0.4 is 9.64 Å². The van der Waals surface area contributed by atoms with E-state index in [0.29, 0.717) is 13.1 Å². The maximum absolute atomic E-state index is 13.4. The molecule has 146 valence electrons. The first kappa shape index (κ1) is 18.6. The van der Waals surface area contributed by atoms with Gasteiger partial charge in [-0.2, -0.15) is 0 Å². The maximum atomic E-state index is 13.4. The second-order valence-electron chi connectivity index (χ2n) is 7.00. The number of ether oxygens (including phenoxy) is 1. The maximum Gasteiger partial charge on any atom is 0.257 e. The smallest absolute Gasteiger partial charge is 0.257 e. The van der Waals surface area contributed by atoms with Gasteiger partial charge >= 0.3 is 0 Å². The van der Waals surface area contributed by atoms with Gasteiger partial charge in [0.1, 0.15) is 10.8 Å². The first-order valence-electron chi connectivity index (χ1n) is 9.50. The summed E-state index contributed by atoms with van der Waals surface area (Å²) in [6.45, 7) is 7.15. The van der Waals surface area contributed by atoms with Crippen molar-refractivity contribution < 1.29 is 9.53 Å². The lowest BCUT2D eigenvalue weighted by molar-refractivity contribution is 0.0746. The van der Waals surface area contributed by atoms with Crippen LogP contribution in [0.1, 0.15) is 20.8 Å². The monoisotopic (exact) mass is 395 g/mol. The van der Waals surface area contributed by atoms with E-state index in [0.717, 1.165) is 40.7 Å². The van der Waals surface area contributed by atoms with Gasteiger partial charge in [0.25, 0.3) is 5.91 Å². The topological polar surface area (TPSA) is 37.7 Å². The van der Waals surface area contributed by atoms with Crippen molar-refractivity contribution >= 4 is 22.9 Å². The number of anilines is 1. The van der Waals surface area contributed by atoms with Crippen LogP contribution in [0.4, 0.5) is 5.69 Å². The molecule has 0 spiro atoms. The quantitative estimate of drug-likeness (QED) is 0.667. The molecule has 1 aromatic carbocycles. The van der Waals surface area contributed by atoms with Crippen LogP contribution in [0, 0.1) is 13.8 Å². The normalized spacial score (nSPS) is 14.4. The highest BCUT2D eigenvalue weighted by molar-refractivity contribution is 7.15. The van der Waals surface area contributed by atoms with E-state index < -0.39 is 0 Å². The van der Waals surface area contributed by atoms with Crippen molar-refractivity contribution in [3.05, 3.63) is 64.8 Å². The number of hydrogen-bond acceptors (Lipinski definition) is 4. The highest BCUT2D eigenvalue weighted by atomic mass is 32.1. The van der Waals surface area contributed by atoms with Gasteiger partial charge in [0.15, 0.2) is 0 Å². The van der Waals surface area contributed by atoms with Crippen LogP contribution in [-0.4, -0.2) is 48.7 Å². The zero-order chi connectivity index (χ0) is 19.7. The van der Waals surface area contributed by atoms with Crippen LogP contribution in [0.5, 0.6) is 5.75 Å². The molecule has 4 rings (SSSR count). The van der Waals surface area contributed by atoms with Crippen LogP contribution in [0.3, 0.4) is 0 Å². The number of hydrogen-bond donors (Lipinski definition) is 0. The molecule has 3 aromatic rings. The third-order valence-electron chi connectivity index (χ3n) is 5.41. The fourth-order valence-electron chi connectivity index (χ4n) is 3.71. The Balaban J connectivity index is 1.54. The number of amides is 1. The Kier molecular flexibility index (Phi) is 5.13. The lowest BCUT2D eigenvalue weighted by Gasteiger charge is -2.36. The summed E-state index contributed by atoms with van der Waals surface area (Å²) in [5, 5.41) is 1.01. The van der Waals surface area contributed by atoms with Gasteiger partial charge in [-0.15, -0.1) is 11.3 Å². The summed E-state index contributed by atoms with van der Waals surface area (Å²) in [4.78, 5) is 18.9. The summed E-state index contributed by atoms with van der Waals surface area (Å²) in [6, 6.07) is 12.0. The van der Waals surface area contributed by atoms with Crippen LogP contribution in [0.25, 0.3) is 5.00 Å². The minimum atomic E-state index is 0.130. The molecule has 0 aliphatic carbocycles. The van der Waals surface area contributed by atoms with Crippen molar-refractivity contribution in [2.24, 2.45) is 0 Å². The Morgan fingerprint density at radius 3 is 2.36 bits per heavy atom. The highest BCUT2D eigenvalue weighted by Gasteiger charge is 2.28.